The molecule has 0 bridgehead atoms. The molecule has 0 fully saturated rings. The number of aliphatic hydroxyl groups is 1. The van der Waals surface area contributed by atoms with Crippen LogP contribution in [-0.2, 0) is 16.0 Å². The van der Waals surface area contributed by atoms with E-state index >= 15 is 4.79 Å². The molecule has 7 nitrogen and oxygen atoms in total. The molecule has 8 rings (SSSR count). The highest BCUT2D eigenvalue weighted by atomic mass is 79.9. The number of aliphatic hydroxyl groups excluding tert-OH is 1. The quantitative estimate of drug-likeness (QED) is 0.0857. The number of benzene rings is 6. The van der Waals surface area contributed by atoms with Crippen LogP contribution in [0.15, 0.2) is 161 Å². The topological polar surface area (TPSA) is 92.2 Å². The Hall–Kier alpha value is -5.54. The largest absolute Gasteiger partial charge is 0.494 e. The molecular formula is C45H38BrN3O4. The molecule has 6 aromatic carbocycles. The SMILES string of the molecule is O=C(NNC1c2ccccc2-c2ccccc21)[C@@]1(Cc2ccccc2Br)N=C(c2ccc(OCCCO)cc2)O[C@H]1c1ccc(-c2ccccc2)cc1. The lowest BCUT2D eigenvalue weighted by atomic mass is 9.82. The third-order valence-electron chi connectivity index (χ3n) is 9.93. The fourth-order valence-corrected chi connectivity index (χ4v) is 7.68. The predicted octanol–water partition coefficient (Wildman–Crippen LogP) is 8.77. The van der Waals surface area contributed by atoms with Gasteiger partial charge in [0.05, 0.1) is 12.6 Å². The van der Waals surface area contributed by atoms with Gasteiger partial charge in [-0.25, -0.2) is 10.4 Å². The van der Waals surface area contributed by atoms with Crippen LogP contribution in [0.2, 0.25) is 0 Å². The van der Waals surface area contributed by atoms with Gasteiger partial charge in [0.1, 0.15) is 5.75 Å². The molecule has 0 unspecified atom stereocenters. The highest BCUT2D eigenvalue weighted by Gasteiger charge is 2.54. The molecule has 53 heavy (non-hydrogen) atoms. The number of hydrogen-bond donors (Lipinski definition) is 3. The van der Waals surface area contributed by atoms with Gasteiger partial charge >= 0.3 is 0 Å². The number of halogens is 1. The first kappa shape index (κ1) is 34.5. The normalized spacial score (nSPS) is 17.4. The average molecular weight is 765 g/mol. The van der Waals surface area contributed by atoms with Gasteiger partial charge in [-0.05, 0) is 74.8 Å². The van der Waals surface area contributed by atoms with Crippen molar-refractivity contribution in [3.05, 3.63) is 184 Å². The second kappa shape index (κ2) is 15.2. The van der Waals surface area contributed by atoms with Crippen LogP contribution >= 0.6 is 15.9 Å². The average Bonchev–Trinajstić information content (AvgIpc) is 3.75. The van der Waals surface area contributed by atoms with Gasteiger partial charge in [0, 0.05) is 29.5 Å². The monoisotopic (exact) mass is 763 g/mol. The molecule has 8 heteroatoms. The van der Waals surface area contributed by atoms with Crippen LogP contribution in [0.3, 0.4) is 0 Å². The Morgan fingerprint density at radius 3 is 2.02 bits per heavy atom. The molecule has 1 aliphatic heterocycles. The van der Waals surface area contributed by atoms with Crippen molar-refractivity contribution in [1.82, 2.24) is 10.9 Å². The van der Waals surface area contributed by atoms with Crippen molar-refractivity contribution in [1.29, 1.82) is 0 Å². The van der Waals surface area contributed by atoms with Crippen molar-refractivity contribution in [3.63, 3.8) is 0 Å². The summed E-state index contributed by atoms with van der Waals surface area (Å²) in [5.41, 5.74) is 14.2. The number of ether oxygens (including phenoxy) is 2. The van der Waals surface area contributed by atoms with Crippen molar-refractivity contribution in [2.24, 2.45) is 4.99 Å². The maximum Gasteiger partial charge on any atom is 0.266 e. The number of nitrogens with zero attached hydrogens (tertiary/aromatic N) is 1. The second-order valence-corrected chi connectivity index (χ2v) is 14.1. The number of hydrazine groups is 1. The minimum Gasteiger partial charge on any atom is -0.494 e. The van der Waals surface area contributed by atoms with Gasteiger partial charge < -0.3 is 14.6 Å². The Morgan fingerprint density at radius 1 is 0.736 bits per heavy atom. The molecule has 1 aliphatic carbocycles. The van der Waals surface area contributed by atoms with Crippen molar-refractivity contribution in [2.75, 3.05) is 13.2 Å². The van der Waals surface area contributed by atoms with E-state index in [1.54, 1.807) is 0 Å². The number of carbonyl (C=O) groups is 1. The first-order valence-corrected chi connectivity index (χ1v) is 18.6. The Labute approximate surface area is 317 Å². The zero-order chi connectivity index (χ0) is 36.2. The zero-order valence-corrected chi connectivity index (χ0v) is 30.5. The van der Waals surface area contributed by atoms with E-state index in [0.29, 0.717) is 24.7 Å². The molecule has 6 aromatic rings. The zero-order valence-electron chi connectivity index (χ0n) is 28.9. The van der Waals surface area contributed by atoms with Crippen LogP contribution in [-0.4, -0.2) is 35.7 Å². The number of nitrogens with one attached hydrogen (secondary N) is 2. The number of rotatable bonds is 12. The van der Waals surface area contributed by atoms with E-state index in [4.69, 9.17) is 14.5 Å². The fraction of sp³-hybridized carbons (Fsp3) is 0.156. The van der Waals surface area contributed by atoms with Crippen molar-refractivity contribution >= 4 is 27.7 Å². The van der Waals surface area contributed by atoms with Gasteiger partial charge in [-0.15, -0.1) is 0 Å². The van der Waals surface area contributed by atoms with E-state index in [1.807, 2.05) is 103 Å². The molecule has 0 saturated carbocycles. The van der Waals surface area contributed by atoms with E-state index < -0.39 is 11.6 Å². The number of carbonyl (C=O) groups excluding carboxylic acids is 1. The lowest BCUT2D eigenvalue weighted by Gasteiger charge is -2.32. The summed E-state index contributed by atoms with van der Waals surface area (Å²) < 4.78 is 13.5. The van der Waals surface area contributed by atoms with Crippen molar-refractivity contribution < 1.29 is 19.4 Å². The van der Waals surface area contributed by atoms with E-state index in [0.717, 1.165) is 54.5 Å². The molecule has 1 heterocycles. The van der Waals surface area contributed by atoms with Crippen LogP contribution in [0.4, 0.5) is 0 Å². The van der Waals surface area contributed by atoms with Gasteiger partial charge in [0.25, 0.3) is 5.91 Å². The van der Waals surface area contributed by atoms with Crippen molar-refractivity contribution in [3.8, 4) is 28.0 Å². The molecule has 0 radical (unpaired) electrons. The van der Waals surface area contributed by atoms with Crippen LogP contribution in [0.1, 0.15) is 46.4 Å². The minimum absolute atomic E-state index is 0.0622. The summed E-state index contributed by atoms with van der Waals surface area (Å²) in [5, 5.41) is 9.17. The van der Waals surface area contributed by atoms with Crippen LogP contribution in [0.25, 0.3) is 22.3 Å². The maximum atomic E-state index is 15.1. The molecule has 2 atom stereocenters. The lowest BCUT2D eigenvalue weighted by Crippen LogP contribution is -2.54. The molecule has 0 aromatic heterocycles. The van der Waals surface area contributed by atoms with Gasteiger partial charge in [0.2, 0.25) is 5.90 Å². The molecular weight excluding hydrogens is 726 g/mol. The summed E-state index contributed by atoms with van der Waals surface area (Å²) in [5.74, 6) is 0.724. The maximum absolute atomic E-state index is 15.1. The van der Waals surface area contributed by atoms with Gasteiger partial charge in [-0.2, -0.15) is 0 Å². The molecule has 0 saturated heterocycles. The second-order valence-electron chi connectivity index (χ2n) is 13.3. The molecule has 3 N–H and O–H groups in total. The Morgan fingerprint density at radius 2 is 1.34 bits per heavy atom. The van der Waals surface area contributed by atoms with Crippen LogP contribution in [0.5, 0.6) is 5.75 Å². The van der Waals surface area contributed by atoms with Crippen LogP contribution in [0, 0.1) is 0 Å². The van der Waals surface area contributed by atoms with E-state index in [-0.39, 0.29) is 25.0 Å². The molecule has 264 valence electrons. The van der Waals surface area contributed by atoms with Gasteiger partial charge in [-0.3, -0.25) is 10.2 Å². The molecule has 1 amide bonds. The fourth-order valence-electron chi connectivity index (χ4n) is 7.25. The Kier molecular flexibility index (Phi) is 9.91. The van der Waals surface area contributed by atoms with Gasteiger partial charge in [-0.1, -0.05) is 137 Å². The number of aliphatic imine (C=N–C) groups is 1. The van der Waals surface area contributed by atoms with E-state index in [9.17, 15) is 5.11 Å². The summed E-state index contributed by atoms with van der Waals surface area (Å²) in [7, 11) is 0. The lowest BCUT2D eigenvalue weighted by molar-refractivity contribution is -0.130. The van der Waals surface area contributed by atoms with Gasteiger partial charge in [0.15, 0.2) is 11.6 Å². The van der Waals surface area contributed by atoms with E-state index in [1.165, 1.54) is 0 Å². The highest BCUT2D eigenvalue weighted by Crippen LogP contribution is 2.45. The Balaban J connectivity index is 1.19. The molecule has 2 aliphatic rings. The summed E-state index contributed by atoms with van der Waals surface area (Å²) in [4.78, 5) is 20.3. The summed E-state index contributed by atoms with van der Waals surface area (Å²) in [6, 6.07) is 50.1. The minimum atomic E-state index is -1.41. The third kappa shape index (κ3) is 6.89. The number of fused-ring (bicyclic) bond motifs is 3. The first-order chi connectivity index (χ1) is 26.0. The highest BCUT2D eigenvalue weighted by molar-refractivity contribution is 9.10. The standard InChI is InChI=1S/C45H38BrN3O4/c46-40-18-9-4-13-34(40)29-45(44(51)49-48-41-38-16-7-5-14-36(38)37-15-6-8-17-39(37)41)42(32-21-19-31(20-22-32)30-11-2-1-3-12-30)53-43(47-45)33-23-25-35(26-24-33)52-28-10-27-50/h1-9,11-26,41-42,48,50H,10,27-29H2,(H,49,51)/t42-,45-/m0/s1. The van der Waals surface area contributed by atoms with Crippen molar-refractivity contribution in [2.45, 2.75) is 30.5 Å². The smallest absolute Gasteiger partial charge is 0.266 e. The first-order valence-electron chi connectivity index (χ1n) is 17.8. The van der Waals surface area contributed by atoms with Crippen LogP contribution < -0.4 is 15.6 Å². The Bertz CT molecular complexity index is 2210. The number of hydrogen-bond acceptors (Lipinski definition) is 6. The summed E-state index contributed by atoms with van der Waals surface area (Å²) in [6.45, 7) is 0.471. The predicted molar refractivity (Wildman–Crippen MR) is 211 cm³/mol. The molecule has 0 spiro atoms. The summed E-state index contributed by atoms with van der Waals surface area (Å²) >= 11 is 3.74. The third-order valence-corrected chi connectivity index (χ3v) is 10.7. The number of amides is 1. The summed E-state index contributed by atoms with van der Waals surface area (Å²) in [6.07, 6.45) is 0.0393. The van der Waals surface area contributed by atoms with E-state index in [2.05, 4.69) is 75.3 Å².